The average molecular weight is 263 g/mol. The summed E-state index contributed by atoms with van der Waals surface area (Å²) in [4.78, 5) is 8.85. The van der Waals surface area contributed by atoms with E-state index in [9.17, 15) is 0 Å². The van der Waals surface area contributed by atoms with Crippen LogP contribution in [0.15, 0.2) is 23.5 Å². The minimum atomic E-state index is 0.403. The van der Waals surface area contributed by atoms with E-state index in [0.717, 1.165) is 23.2 Å². The molecule has 0 radical (unpaired) electrons. The monoisotopic (exact) mass is 263 g/mol. The van der Waals surface area contributed by atoms with Gasteiger partial charge in [0.2, 0.25) is 0 Å². The minimum absolute atomic E-state index is 0.403. The zero-order chi connectivity index (χ0) is 13.0. The van der Waals surface area contributed by atoms with Gasteiger partial charge in [0.05, 0.1) is 11.9 Å². The van der Waals surface area contributed by atoms with Crippen LogP contribution in [0.4, 0.5) is 5.69 Å². The Hall–Kier alpha value is -1.03. The molecule has 1 aliphatic heterocycles. The molecule has 1 N–H and O–H groups in total. The molecular weight excluding hydrogens is 242 g/mol. The van der Waals surface area contributed by atoms with E-state index in [2.05, 4.69) is 31.1 Å². The van der Waals surface area contributed by atoms with Gasteiger partial charge in [-0.3, -0.25) is 9.98 Å². The molecule has 2 rings (SSSR count). The normalized spacial score (nSPS) is 18.3. The summed E-state index contributed by atoms with van der Waals surface area (Å²) in [6.45, 7) is 7.56. The van der Waals surface area contributed by atoms with Crippen molar-refractivity contribution in [1.82, 2.24) is 4.98 Å². The standard InChI is InChI=1S/C14H21N3S/c1-4-14(5-2)9-16-13(18-10-14)17-12-8-15-7-6-11(12)3/h6-8H,4-5,9-10H2,1-3H3,(H,16,17). The van der Waals surface area contributed by atoms with Crippen LogP contribution in [0.1, 0.15) is 32.3 Å². The van der Waals surface area contributed by atoms with Gasteiger partial charge >= 0.3 is 0 Å². The number of rotatable bonds is 3. The van der Waals surface area contributed by atoms with Gasteiger partial charge in [0.25, 0.3) is 0 Å². The highest BCUT2D eigenvalue weighted by Gasteiger charge is 2.30. The van der Waals surface area contributed by atoms with E-state index in [1.165, 1.54) is 18.4 Å². The first-order valence-electron chi connectivity index (χ1n) is 6.54. The summed E-state index contributed by atoms with van der Waals surface area (Å²) in [7, 11) is 0. The first-order chi connectivity index (χ1) is 8.69. The number of pyridine rings is 1. The van der Waals surface area contributed by atoms with Crippen molar-refractivity contribution in [1.29, 1.82) is 0 Å². The number of hydrogen-bond acceptors (Lipinski definition) is 4. The maximum atomic E-state index is 4.70. The van der Waals surface area contributed by atoms with Gasteiger partial charge in [0.1, 0.15) is 0 Å². The number of aryl methyl sites for hydroxylation is 1. The molecule has 0 spiro atoms. The second-order valence-corrected chi connectivity index (χ2v) is 5.90. The van der Waals surface area contributed by atoms with Crippen molar-refractivity contribution >= 4 is 22.6 Å². The molecule has 1 aromatic rings. The Balaban J connectivity index is 2.05. The third-order valence-electron chi connectivity index (χ3n) is 3.85. The largest absolute Gasteiger partial charge is 0.334 e. The van der Waals surface area contributed by atoms with Crippen molar-refractivity contribution in [2.24, 2.45) is 10.4 Å². The van der Waals surface area contributed by atoms with Crippen molar-refractivity contribution in [2.75, 3.05) is 17.6 Å². The fraction of sp³-hybridized carbons (Fsp3) is 0.571. The van der Waals surface area contributed by atoms with Gasteiger partial charge in [-0.1, -0.05) is 25.6 Å². The van der Waals surface area contributed by atoms with Gasteiger partial charge in [0, 0.05) is 18.5 Å². The summed E-state index contributed by atoms with van der Waals surface area (Å²) in [5, 5.41) is 4.42. The average Bonchev–Trinajstić information content (AvgIpc) is 2.43. The lowest BCUT2D eigenvalue weighted by Crippen LogP contribution is -2.32. The minimum Gasteiger partial charge on any atom is -0.334 e. The Morgan fingerprint density at radius 2 is 2.17 bits per heavy atom. The molecule has 0 saturated carbocycles. The van der Waals surface area contributed by atoms with Crippen LogP contribution in [0.5, 0.6) is 0 Å². The van der Waals surface area contributed by atoms with E-state index in [4.69, 9.17) is 4.99 Å². The molecule has 0 amide bonds. The molecule has 2 heterocycles. The predicted octanol–water partition coefficient (Wildman–Crippen LogP) is 3.71. The first-order valence-corrected chi connectivity index (χ1v) is 7.52. The van der Waals surface area contributed by atoms with E-state index in [-0.39, 0.29) is 0 Å². The second-order valence-electron chi connectivity index (χ2n) is 4.93. The number of hydrogen-bond donors (Lipinski definition) is 1. The van der Waals surface area contributed by atoms with Crippen LogP contribution in [0.3, 0.4) is 0 Å². The fourth-order valence-electron chi connectivity index (χ4n) is 2.02. The van der Waals surface area contributed by atoms with Crippen molar-refractivity contribution in [3.63, 3.8) is 0 Å². The van der Waals surface area contributed by atoms with E-state index in [1.54, 1.807) is 0 Å². The topological polar surface area (TPSA) is 37.3 Å². The molecule has 0 aliphatic carbocycles. The second kappa shape index (κ2) is 5.74. The summed E-state index contributed by atoms with van der Waals surface area (Å²) < 4.78 is 0. The zero-order valence-corrected chi connectivity index (χ0v) is 12.2. The lowest BCUT2D eigenvalue weighted by atomic mass is 9.84. The lowest BCUT2D eigenvalue weighted by Gasteiger charge is -2.33. The van der Waals surface area contributed by atoms with E-state index < -0.39 is 0 Å². The molecular formula is C14H21N3S. The number of nitrogens with zero attached hydrogens (tertiary/aromatic N) is 2. The summed E-state index contributed by atoms with van der Waals surface area (Å²) in [6, 6.07) is 2.01. The number of thioether (sulfide) groups is 1. The van der Waals surface area contributed by atoms with Crippen molar-refractivity contribution in [2.45, 2.75) is 33.6 Å². The van der Waals surface area contributed by atoms with E-state index in [0.29, 0.717) is 5.41 Å². The molecule has 0 aromatic carbocycles. The highest BCUT2D eigenvalue weighted by molar-refractivity contribution is 8.14. The summed E-state index contributed by atoms with van der Waals surface area (Å²) in [6.07, 6.45) is 6.09. The molecule has 0 fully saturated rings. The lowest BCUT2D eigenvalue weighted by molar-refractivity contribution is 0.318. The number of aliphatic imine (C=N–C) groups is 1. The maximum absolute atomic E-state index is 4.70. The van der Waals surface area contributed by atoms with Crippen LogP contribution in [-0.2, 0) is 0 Å². The van der Waals surface area contributed by atoms with Crippen LogP contribution >= 0.6 is 11.8 Å². The zero-order valence-electron chi connectivity index (χ0n) is 11.4. The van der Waals surface area contributed by atoms with E-state index >= 15 is 0 Å². The Kier molecular flexibility index (Phi) is 4.27. The predicted molar refractivity (Wildman–Crippen MR) is 80.4 cm³/mol. The molecule has 1 aliphatic rings. The van der Waals surface area contributed by atoms with Gasteiger partial charge in [-0.15, -0.1) is 0 Å². The molecule has 18 heavy (non-hydrogen) atoms. The quantitative estimate of drug-likeness (QED) is 0.903. The van der Waals surface area contributed by atoms with Crippen molar-refractivity contribution in [3.05, 3.63) is 24.0 Å². The van der Waals surface area contributed by atoms with Crippen molar-refractivity contribution in [3.8, 4) is 0 Å². The number of amidine groups is 1. The van der Waals surface area contributed by atoms with Crippen LogP contribution in [0.2, 0.25) is 0 Å². The van der Waals surface area contributed by atoms with E-state index in [1.807, 2.05) is 30.2 Å². The van der Waals surface area contributed by atoms with Crippen LogP contribution in [-0.4, -0.2) is 22.4 Å². The van der Waals surface area contributed by atoms with Gasteiger partial charge in [-0.2, -0.15) is 0 Å². The van der Waals surface area contributed by atoms with Crippen LogP contribution in [0.25, 0.3) is 0 Å². The summed E-state index contributed by atoms with van der Waals surface area (Å²) in [5.74, 6) is 1.16. The molecule has 0 unspecified atom stereocenters. The van der Waals surface area contributed by atoms with Gasteiger partial charge in [-0.25, -0.2) is 0 Å². The Bertz CT molecular complexity index is 438. The van der Waals surface area contributed by atoms with Gasteiger partial charge in [-0.05, 0) is 36.8 Å². The Morgan fingerprint density at radius 3 is 2.72 bits per heavy atom. The summed E-state index contributed by atoms with van der Waals surface area (Å²) >= 11 is 1.83. The third kappa shape index (κ3) is 2.86. The molecule has 3 nitrogen and oxygen atoms in total. The van der Waals surface area contributed by atoms with Crippen molar-refractivity contribution < 1.29 is 0 Å². The molecule has 0 saturated heterocycles. The smallest absolute Gasteiger partial charge is 0.161 e. The number of anilines is 1. The summed E-state index contributed by atoms with van der Waals surface area (Å²) in [5.41, 5.74) is 2.67. The molecule has 98 valence electrons. The molecule has 0 bridgehead atoms. The SMILES string of the molecule is CCC1(CC)CN=C(Nc2cnccc2C)SC1. The Morgan fingerprint density at radius 1 is 1.39 bits per heavy atom. The van der Waals surface area contributed by atoms with Crippen LogP contribution in [0, 0.1) is 12.3 Å². The van der Waals surface area contributed by atoms with Gasteiger partial charge < -0.3 is 5.32 Å². The van der Waals surface area contributed by atoms with Crippen LogP contribution < -0.4 is 5.32 Å². The Labute approximate surface area is 113 Å². The first kappa shape index (κ1) is 13.4. The highest BCUT2D eigenvalue weighted by Crippen LogP contribution is 2.35. The molecule has 0 atom stereocenters. The highest BCUT2D eigenvalue weighted by atomic mass is 32.2. The fourth-order valence-corrected chi connectivity index (χ4v) is 3.30. The third-order valence-corrected chi connectivity index (χ3v) is 5.12. The number of nitrogens with one attached hydrogen (secondary N) is 1. The maximum Gasteiger partial charge on any atom is 0.161 e. The van der Waals surface area contributed by atoms with Gasteiger partial charge in [0.15, 0.2) is 5.17 Å². The molecule has 4 heteroatoms. The number of aromatic nitrogens is 1. The molecule has 1 aromatic heterocycles.